The molecule has 2 amide bonds. The highest BCUT2D eigenvalue weighted by Gasteiger charge is 2.19. The van der Waals surface area contributed by atoms with E-state index in [-0.39, 0.29) is 13.0 Å². The highest BCUT2D eigenvalue weighted by molar-refractivity contribution is 5.84. The van der Waals surface area contributed by atoms with Gasteiger partial charge in [0.1, 0.15) is 19.1 Å². The number of amides is 2. The van der Waals surface area contributed by atoms with Gasteiger partial charge in [0.15, 0.2) is 0 Å². The fourth-order valence-corrected chi connectivity index (χ4v) is 1.45. The van der Waals surface area contributed by atoms with Crippen molar-refractivity contribution in [1.29, 1.82) is 0 Å². The Morgan fingerprint density at radius 1 is 1.00 bits per heavy atom. The van der Waals surface area contributed by atoms with Crippen LogP contribution >= 0.6 is 0 Å². The maximum atomic E-state index is 11.6. The lowest BCUT2D eigenvalue weighted by Crippen LogP contribution is -2.45. The molecule has 0 spiro atoms. The lowest BCUT2D eigenvalue weighted by atomic mass is 10.1. The summed E-state index contributed by atoms with van der Waals surface area (Å²) in [4.78, 5) is 43.7. The third-order valence-corrected chi connectivity index (χ3v) is 2.47. The number of carboxylic acids is 3. The number of urea groups is 1. The first-order valence-corrected chi connectivity index (χ1v) is 6.18. The maximum absolute atomic E-state index is 11.6. The van der Waals surface area contributed by atoms with Gasteiger partial charge in [0.05, 0.1) is 0 Å². The number of hydrogen-bond donors (Lipinski definition) is 5. The van der Waals surface area contributed by atoms with Crippen LogP contribution in [0.3, 0.4) is 0 Å². The van der Waals surface area contributed by atoms with Crippen LogP contribution in [0, 0.1) is 0 Å². The summed E-state index contributed by atoms with van der Waals surface area (Å²) >= 11 is 0. The molecular weight excluding hydrogens is 286 g/mol. The van der Waals surface area contributed by atoms with Crippen molar-refractivity contribution in [2.75, 3.05) is 19.6 Å². The van der Waals surface area contributed by atoms with Gasteiger partial charge in [0.25, 0.3) is 0 Å². The number of unbranched alkanes of at least 4 members (excludes halogenated alkanes) is 1. The number of nitrogens with two attached hydrogens (primary N) is 1. The average Bonchev–Trinajstić information content (AvgIpc) is 2.35. The van der Waals surface area contributed by atoms with Crippen molar-refractivity contribution in [2.24, 2.45) is 5.73 Å². The number of rotatable bonds is 10. The molecule has 0 rings (SSSR count). The van der Waals surface area contributed by atoms with Crippen molar-refractivity contribution < 1.29 is 34.5 Å². The van der Waals surface area contributed by atoms with Gasteiger partial charge in [-0.2, -0.15) is 0 Å². The summed E-state index contributed by atoms with van der Waals surface area (Å²) in [5, 5.41) is 28.1. The van der Waals surface area contributed by atoms with Crippen LogP contribution in [0.25, 0.3) is 0 Å². The monoisotopic (exact) mass is 305 g/mol. The van der Waals surface area contributed by atoms with E-state index >= 15 is 0 Å². The number of carbonyl (C=O) groups is 4. The number of hydrogen-bond acceptors (Lipinski definition) is 5. The molecule has 0 aromatic rings. The van der Waals surface area contributed by atoms with Crippen molar-refractivity contribution in [3.63, 3.8) is 0 Å². The van der Waals surface area contributed by atoms with Crippen molar-refractivity contribution in [2.45, 2.75) is 25.3 Å². The number of carboxylic acid groups (broad SMARTS) is 3. The van der Waals surface area contributed by atoms with E-state index in [1.165, 1.54) is 0 Å². The van der Waals surface area contributed by atoms with Crippen LogP contribution in [-0.2, 0) is 14.4 Å². The Morgan fingerprint density at radius 3 is 1.95 bits per heavy atom. The van der Waals surface area contributed by atoms with Crippen LogP contribution in [0.4, 0.5) is 4.79 Å². The molecule has 10 nitrogen and oxygen atoms in total. The number of aliphatic carboxylic acids is 3. The van der Waals surface area contributed by atoms with Gasteiger partial charge < -0.3 is 31.3 Å². The largest absolute Gasteiger partial charge is 0.480 e. The predicted octanol–water partition coefficient (Wildman–Crippen LogP) is -1.25. The number of carbonyl (C=O) groups excluding carboxylic acids is 1. The first kappa shape index (κ1) is 18.6. The topological polar surface area (TPSA) is 170 Å². The average molecular weight is 305 g/mol. The Hall–Kier alpha value is -2.36. The van der Waals surface area contributed by atoms with Crippen molar-refractivity contribution >= 4 is 23.9 Å². The minimum absolute atomic E-state index is 0.168. The van der Waals surface area contributed by atoms with Crippen LogP contribution in [0.15, 0.2) is 0 Å². The molecule has 6 N–H and O–H groups in total. The predicted molar refractivity (Wildman–Crippen MR) is 69.7 cm³/mol. The Labute approximate surface area is 120 Å². The summed E-state index contributed by atoms with van der Waals surface area (Å²) in [6.45, 7) is -1.27. The molecule has 0 bridgehead atoms. The van der Waals surface area contributed by atoms with E-state index in [4.69, 9.17) is 21.1 Å². The van der Waals surface area contributed by atoms with Crippen LogP contribution in [0.2, 0.25) is 0 Å². The number of nitrogens with one attached hydrogen (secondary N) is 1. The quantitative estimate of drug-likeness (QED) is 0.311. The minimum Gasteiger partial charge on any atom is -0.480 e. The second-order valence-corrected chi connectivity index (χ2v) is 4.32. The first-order chi connectivity index (χ1) is 9.73. The normalized spacial score (nSPS) is 11.5. The van der Waals surface area contributed by atoms with Crippen LogP contribution in [-0.4, -0.2) is 69.8 Å². The third-order valence-electron chi connectivity index (χ3n) is 2.47. The molecule has 1 atom stereocenters. The van der Waals surface area contributed by atoms with Crippen molar-refractivity contribution in [3.05, 3.63) is 0 Å². The van der Waals surface area contributed by atoms with E-state index in [9.17, 15) is 19.2 Å². The van der Waals surface area contributed by atoms with Gasteiger partial charge in [-0.1, -0.05) is 0 Å². The third kappa shape index (κ3) is 9.21. The van der Waals surface area contributed by atoms with E-state index in [0.717, 1.165) is 0 Å². The Bertz CT molecular complexity index is 383. The maximum Gasteiger partial charge on any atom is 0.323 e. The second kappa shape index (κ2) is 9.53. The summed E-state index contributed by atoms with van der Waals surface area (Å²) in [5.41, 5.74) is 5.29. The standard InChI is InChI=1S/C11H19N3O7/c12-7(10(19)20)3-1-2-4-13-11(21)14(5-8(15)16)6-9(17)18/h7H,1-6,12H2,(H,13,21)(H,15,16)(H,17,18)(H,19,20)/t7-/m0/s1. The fraction of sp³-hybridized carbons (Fsp3) is 0.636. The molecule has 0 fully saturated rings. The molecule has 0 unspecified atom stereocenters. The van der Waals surface area contributed by atoms with Crippen LogP contribution < -0.4 is 11.1 Å². The molecule has 0 aliphatic carbocycles. The minimum atomic E-state index is -1.32. The molecule has 0 saturated heterocycles. The Balaban J connectivity index is 4.05. The molecule has 0 aromatic heterocycles. The zero-order valence-electron chi connectivity index (χ0n) is 11.3. The molecule has 10 heteroatoms. The van der Waals surface area contributed by atoms with Gasteiger partial charge >= 0.3 is 23.9 Å². The molecule has 0 saturated carbocycles. The van der Waals surface area contributed by atoms with Crippen molar-refractivity contribution in [3.8, 4) is 0 Å². The molecule has 0 aromatic carbocycles. The summed E-state index contributed by atoms with van der Waals surface area (Å²) in [5.74, 6) is -3.74. The molecule has 0 heterocycles. The summed E-state index contributed by atoms with van der Waals surface area (Å²) in [6.07, 6.45) is 1.16. The van der Waals surface area contributed by atoms with E-state index in [2.05, 4.69) is 5.32 Å². The highest BCUT2D eigenvalue weighted by atomic mass is 16.4. The second-order valence-electron chi connectivity index (χ2n) is 4.32. The van der Waals surface area contributed by atoms with Gasteiger partial charge in [-0.3, -0.25) is 14.4 Å². The Kier molecular flexibility index (Phi) is 8.46. The number of nitrogens with zero attached hydrogens (tertiary/aromatic N) is 1. The van der Waals surface area contributed by atoms with Gasteiger partial charge in [-0.05, 0) is 19.3 Å². The zero-order valence-corrected chi connectivity index (χ0v) is 11.3. The lowest BCUT2D eigenvalue weighted by molar-refractivity contribution is -0.141. The SMILES string of the molecule is N[C@@H](CCCCNC(=O)N(CC(=O)O)CC(=O)O)C(=O)O. The van der Waals surface area contributed by atoms with Gasteiger partial charge in [-0.25, -0.2) is 4.79 Å². The molecule has 21 heavy (non-hydrogen) atoms. The van der Waals surface area contributed by atoms with E-state index in [0.29, 0.717) is 17.7 Å². The van der Waals surface area contributed by atoms with Gasteiger partial charge in [0.2, 0.25) is 0 Å². The summed E-state index contributed by atoms with van der Waals surface area (Å²) in [7, 11) is 0. The molecule has 120 valence electrons. The zero-order chi connectivity index (χ0) is 16.4. The summed E-state index contributed by atoms with van der Waals surface area (Å²) < 4.78 is 0. The lowest BCUT2D eigenvalue weighted by Gasteiger charge is -2.19. The van der Waals surface area contributed by atoms with E-state index in [1.54, 1.807) is 0 Å². The fourth-order valence-electron chi connectivity index (χ4n) is 1.45. The molecule has 0 aliphatic rings. The smallest absolute Gasteiger partial charge is 0.323 e. The highest BCUT2D eigenvalue weighted by Crippen LogP contribution is 1.99. The van der Waals surface area contributed by atoms with Crippen molar-refractivity contribution in [1.82, 2.24) is 10.2 Å². The van der Waals surface area contributed by atoms with Gasteiger partial charge in [0, 0.05) is 6.54 Å². The van der Waals surface area contributed by atoms with E-state index < -0.39 is 43.1 Å². The molecule has 0 aliphatic heterocycles. The van der Waals surface area contributed by atoms with E-state index in [1.807, 2.05) is 0 Å². The first-order valence-electron chi connectivity index (χ1n) is 6.18. The summed E-state index contributed by atoms with van der Waals surface area (Å²) in [6, 6.07) is -1.77. The van der Waals surface area contributed by atoms with Gasteiger partial charge in [-0.15, -0.1) is 0 Å². The molecular formula is C11H19N3O7. The Morgan fingerprint density at radius 2 is 1.52 bits per heavy atom. The van der Waals surface area contributed by atoms with Crippen LogP contribution in [0.1, 0.15) is 19.3 Å². The van der Waals surface area contributed by atoms with Crippen LogP contribution in [0.5, 0.6) is 0 Å². The molecule has 0 radical (unpaired) electrons.